The lowest BCUT2D eigenvalue weighted by Gasteiger charge is -2.00. The highest BCUT2D eigenvalue weighted by Crippen LogP contribution is 2.20. The average molecular weight is 190 g/mol. The van der Waals surface area contributed by atoms with Crippen LogP contribution in [0.5, 0.6) is 0 Å². The Labute approximate surface area is 78.4 Å². The summed E-state index contributed by atoms with van der Waals surface area (Å²) in [4.78, 5) is 3.71. The summed E-state index contributed by atoms with van der Waals surface area (Å²) < 4.78 is 26.0. The molecule has 1 aromatic heterocycles. The Kier molecular flexibility index (Phi) is 1.86. The number of halogens is 2. The topological polar surface area (TPSA) is 36.7 Å². The van der Waals surface area contributed by atoms with Gasteiger partial charge in [-0.3, -0.25) is 0 Å². The lowest BCUT2D eigenvalue weighted by Crippen LogP contribution is -1.89. The van der Waals surface area contributed by atoms with Crippen LogP contribution in [0.4, 0.5) is 8.78 Å². The standard InChI is InChI=1S/C10H4F2N2/c11-6-3-8-7(9(12)4-6)1-2-14-10(8)5-13/h1-4H. The highest BCUT2D eigenvalue weighted by molar-refractivity contribution is 5.86. The summed E-state index contributed by atoms with van der Waals surface area (Å²) in [5.41, 5.74) is 0.0286. The molecule has 0 saturated carbocycles. The molecule has 0 amide bonds. The van der Waals surface area contributed by atoms with Crippen molar-refractivity contribution in [2.45, 2.75) is 0 Å². The summed E-state index contributed by atoms with van der Waals surface area (Å²) in [7, 11) is 0. The van der Waals surface area contributed by atoms with Crippen molar-refractivity contribution in [1.82, 2.24) is 4.98 Å². The zero-order valence-corrected chi connectivity index (χ0v) is 6.96. The van der Waals surface area contributed by atoms with Crippen molar-refractivity contribution in [1.29, 1.82) is 5.26 Å². The van der Waals surface area contributed by atoms with Gasteiger partial charge in [-0.25, -0.2) is 13.8 Å². The number of pyridine rings is 1. The fourth-order valence-corrected chi connectivity index (χ4v) is 1.30. The Morgan fingerprint density at radius 3 is 2.71 bits per heavy atom. The van der Waals surface area contributed by atoms with Gasteiger partial charge in [0.25, 0.3) is 0 Å². The van der Waals surface area contributed by atoms with Crippen LogP contribution in [0, 0.1) is 23.0 Å². The summed E-state index contributed by atoms with van der Waals surface area (Å²) in [6, 6.07) is 5.07. The quantitative estimate of drug-likeness (QED) is 0.639. The first-order valence-electron chi connectivity index (χ1n) is 3.86. The highest BCUT2D eigenvalue weighted by Gasteiger charge is 2.07. The van der Waals surface area contributed by atoms with Gasteiger partial charge in [0.2, 0.25) is 0 Å². The molecule has 0 bridgehead atoms. The molecule has 4 heteroatoms. The fraction of sp³-hybridized carbons (Fsp3) is 0. The first kappa shape index (κ1) is 8.57. The molecule has 0 atom stereocenters. The lowest BCUT2D eigenvalue weighted by atomic mass is 10.1. The Hall–Kier alpha value is -2.02. The van der Waals surface area contributed by atoms with Crippen molar-refractivity contribution >= 4 is 10.8 Å². The van der Waals surface area contributed by atoms with Gasteiger partial charge in [-0.1, -0.05) is 0 Å². The van der Waals surface area contributed by atoms with Crippen molar-refractivity contribution in [2.75, 3.05) is 0 Å². The number of hydrogen-bond donors (Lipinski definition) is 0. The summed E-state index contributed by atoms with van der Waals surface area (Å²) in [6.45, 7) is 0. The summed E-state index contributed by atoms with van der Waals surface area (Å²) in [6.07, 6.45) is 1.32. The van der Waals surface area contributed by atoms with E-state index in [4.69, 9.17) is 5.26 Å². The van der Waals surface area contributed by atoms with Crippen LogP contribution in [0.2, 0.25) is 0 Å². The molecule has 14 heavy (non-hydrogen) atoms. The molecular formula is C10H4F2N2. The maximum Gasteiger partial charge on any atom is 0.148 e. The predicted molar refractivity (Wildman–Crippen MR) is 46.4 cm³/mol. The maximum absolute atomic E-state index is 13.2. The lowest BCUT2D eigenvalue weighted by molar-refractivity contribution is 0.592. The Morgan fingerprint density at radius 2 is 2.00 bits per heavy atom. The Morgan fingerprint density at radius 1 is 1.21 bits per heavy atom. The van der Waals surface area contributed by atoms with E-state index in [0.29, 0.717) is 0 Å². The third kappa shape index (κ3) is 1.19. The third-order valence-corrected chi connectivity index (χ3v) is 1.90. The zero-order valence-electron chi connectivity index (χ0n) is 6.96. The summed E-state index contributed by atoms with van der Waals surface area (Å²) in [5.74, 6) is -1.39. The maximum atomic E-state index is 13.2. The van der Waals surface area contributed by atoms with Gasteiger partial charge >= 0.3 is 0 Å². The third-order valence-electron chi connectivity index (χ3n) is 1.90. The number of nitriles is 1. The number of aromatic nitrogens is 1. The van der Waals surface area contributed by atoms with E-state index in [1.807, 2.05) is 0 Å². The molecule has 0 aliphatic heterocycles. The van der Waals surface area contributed by atoms with Gasteiger partial charge in [-0.2, -0.15) is 5.26 Å². The van der Waals surface area contributed by atoms with Crippen LogP contribution in [-0.4, -0.2) is 4.98 Å². The first-order valence-corrected chi connectivity index (χ1v) is 3.86. The van der Waals surface area contributed by atoms with Crippen molar-refractivity contribution in [3.05, 3.63) is 41.7 Å². The van der Waals surface area contributed by atoms with Gasteiger partial charge in [0.1, 0.15) is 23.4 Å². The van der Waals surface area contributed by atoms with E-state index >= 15 is 0 Å². The largest absolute Gasteiger partial charge is 0.245 e. The molecule has 0 radical (unpaired) electrons. The molecular weight excluding hydrogens is 186 g/mol. The van der Waals surface area contributed by atoms with E-state index in [0.717, 1.165) is 12.1 Å². The van der Waals surface area contributed by atoms with Gasteiger partial charge in [-0.05, 0) is 12.1 Å². The Bertz CT molecular complexity index is 544. The number of hydrogen-bond acceptors (Lipinski definition) is 2. The van der Waals surface area contributed by atoms with Crippen LogP contribution >= 0.6 is 0 Å². The number of rotatable bonds is 0. The second-order valence-corrected chi connectivity index (χ2v) is 2.75. The molecule has 68 valence electrons. The van der Waals surface area contributed by atoms with Gasteiger partial charge < -0.3 is 0 Å². The van der Waals surface area contributed by atoms with Crippen molar-refractivity contribution in [2.24, 2.45) is 0 Å². The average Bonchev–Trinajstić information content (AvgIpc) is 2.17. The van der Waals surface area contributed by atoms with Crippen LogP contribution in [0.3, 0.4) is 0 Å². The van der Waals surface area contributed by atoms with Crippen molar-refractivity contribution in [3.63, 3.8) is 0 Å². The molecule has 0 N–H and O–H groups in total. The molecule has 0 aliphatic carbocycles. The minimum atomic E-state index is -0.709. The van der Waals surface area contributed by atoms with Crippen molar-refractivity contribution < 1.29 is 8.78 Å². The molecule has 2 nitrogen and oxygen atoms in total. The van der Waals surface area contributed by atoms with Crippen LogP contribution in [0.25, 0.3) is 10.8 Å². The second-order valence-electron chi connectivity index (χ2n) is 2.75. The van der Waals surface area contributed by atoms with E-state index in [2.05, 4.69) is 4.98 Å². The van der Waals surface area contributed by atoms with Crippen LogP contribution in [-0.2, 0) is 0 Å². The normalized spacial score (nSPS) is 10.1. The minimum Gasteiger partial charge on any atom is -0.245 e. The minimum absolute atomic E-state index is 0.0286. The fourth-order valence-electron chi connectivity index (χ4n) is 1.30. The number of benzene rings is 1. The molecule has 1 aromatic carbocycles. The molecule has 0 aliphatic rings. The molecule has 2 aromatic rings. The smallest absolute Gasteiger partial charge is 0.148 e. The molecule has 2 rings (SSSR count). The summed E-state index contributed by atoms with van der Waals surface area (Å²) in [5, 5.41) is 9.07. The van der Waals surface area contributed by atoms with Gasteiger partial charge in [0.05, 0.1) is 0 Å². The van der Waals surface area contributed by atoms with E-state index in [1.54, 1.807) is 6.07 Å². The van der Waals surface area contributed by atoms with Crippen LogP contribution in [0.1, 0.15) is 5.69 Å². The number of fused-ring (bicyclic) bond motifs is 1. The zero-order chi connectivity index (χ0) is 10.1. The predicted octanol–water partition coefficient (Wildman–Crippen LogP) is 2.38. The molecule has 0 fully saturated rings. The van der Waals surface area contributed by atoms with E-state index in [1.165, 1.54) is 12.3 Å². The van der Waals surface area contributed by atoms with Crippen molar-refractivity contribution in [3.8, 4) is 6.07 Å². The summed E-state index contributed by atoms with van der Waals surface area (Å²) >= 11 is 0. The Balaban J connectivity index is 2.95. The highest BCUT2D eigenvalue weighted by atomic mass is 19.1. The number of nitrogens with zero attached hydrogens (tertiary/aromatic N) is 2. The monoisotopic (exact) mass is 190 g/mol. The van der Waals surface area contributed by atoms with Gasteiger partial charge in [0.15, 0.2) is 0 Å². The van der Waals surface area contributed by atoms with Gasteiger partial charge in [-0.15, -0.1) is 0 Å². The van der Waals surface area contributed by atoms with Gasteiger partial charge in [0, 0.05) is 23.0 Å². The van der Waals surface area contributed by atoms with E-state index in [9.17, 15) is 8.78 Å². The van der Waals surface area contributed by atoms with Crippen LogP contribution in [0.15, 0.2) is 24.4 Å². The molecule has 0 spiro atoms. The van der Waals surface area contributed by atoms with E-state index < -0.39 is 11.6 Å². The van der Waals surface area contributed by atoms with Crippen LogP contribution < -0.4 is 0 Å². The molecule has 1 heterocycles. The first-order chi connectivity index (χ1) is 6.72. The van der Waals surface area contributed by atoms with E-state index in [-0.39, 0.29) is 16.5 Å². The molecule has 0 unspecified atom stereocenters. The molecule has 0 saturated heterocycles. The second kappa shape index (κ2) is 3.04. The SMILES string of the molecule is N#Cc1nccc2c(F)cc(F)cc12.